The maximum absolute atomic E-state index is 8.34. The van der Waals surface area contributed by atoms with Crippen LogP contribution >= 0.6 is 0 Å². The summed E-state index contributed by atoms with van der Waals surface area (Å²) in [7, 11) is 0. The van der Waals surface area contributed by atoms with Crippen molar-refractivity contribution in [3.63, 3.8) is 0 Å². The van der Waals surface area contributed by atoms with E-state index in [-0.39, 0.29) is 0 Å². The molecule has 5 nitrogen and oxygen atoms in total. The van der Waals surface area contributed by atoms with Crippen molar-refractivity contribution in [3.05, 3.63) is 84.6 Å². The summed E-state index contributed by atoms with van der Waals surface area (Å²) in [6.45, 7) is 1.64. The summed E-state index contributed by atoms with van der Waals surface area (Å²) in [6.07, 6.45) is 4.59. The number of ether oxygens (including phenoxy) is 1. The molecule has 0 aliphatic rings. The van der Waals surface area contributed by atoms with Gasteiger partial charge in [0.05, 0.1) is 13.2 Å². The van der Waals surface area contributed by atoms with Crippen molar-refractivity contribution in [1.29, 1.82) is 0 Å². The van der Waals surface area contributed by atoms with E-state index in [0.717, 1.165) is 36.5 Å². The first kappa shape index (κ1) is 19.9. The minimum atomic E-state index is 0.384. The number of aryl methyl sites for hydroxylation is 1. The molecule has 1 heterocycles. The van der Waals surface area contributed by atoms with Crippen molar-refractivity contribution in [2.24, 2.45) is 0 Å². The normalized spacial score (nSPS) is 10.6. The van der Waals surface area contributed by atoms with Crippen LogP contribution in [-0.4, -0.2) is 30.0 Å². The Labute approximate surface area is 166 Å². The average molecular weight is 378 g/mol. The molecule has 0 saturated carbocycles. The zero-order valence-electron chi connectivity index (χ0n) is 15.9. The third-order valence-corrected chi connectivity index (χ3v) is 4.45. The van der Waals surface area contributed by atoms with Crippen LogP contribution in [0.4, 0.5) is 11.5 Å². The lowest BCUT2D eigenvalue weighted by Gasteiger charge is -2.23. The maximum Gasteiger partial charge on any atom is 0.133 e. The predicted octanol–water partition coefficient (Wildman–Crippen LogP) is 5.11. The molecule has 0 atom stereocenters. The van der Waals surface area contributed by atoms with E-state index in [1.54, 1.807) is 6.20 Å². The van der Waals surface area contributed by atoms with Crippen LogP contribution in [-0.2, 0) is 11.3 Å². The molecular formula is C23H26N2O3. The van der Waals surface area contributed by atoms with E-state index >= 15 is 0 Å². The standard InChI is InChI=1S/C23H26N2O3/c26-28-18-7-5-8-20-12-14-22(15-13-20)27-19-17-25(21-9-2-1-3-10-21)23-11-4-6-16-24-23/h1-4,6,9-16,26H,5,7-8,17-19H2. The van der Waals surface area contributed by atoms with Gasteiger partial charge in [-0.15, -0.1) is 0 Å². The molecule has 1 N–H and O–H groups in total. The van der Waals surface area contributed by atoms with Crippen LogP contribution in [0, 0.1) is 0 Å². The zero-order valence-corrected chi connectivity index (χ0v) is 15.9. The van der Waals surface area contributed by atoms with Crippen LogP contribution in [0.5, 0.6) is 5.75 Å². The van der Waals surface area contributed by atoms with Gasteiger partial charge in [-0.3, -0.25) is 5.26 Å². The van der Waals surface area contributed by atoms with Crippen LogP contribution in [0.15, 0.2) is 79.0 Å². The fraction of sp³-hybridized carbons (Fsp3) is 0.261. The highest BCUT2D eigenvalue weighted by molar-refractivity contribution is 5.59. The second kappa shape index (κ2) is 11.1. The molecule has 0 saturated heterocycles. The molecule has 5 heteroatoms. The quantitative estimate of drug-likeness (QED) is 0.285. The number of aromatic nitrogens is 1. The van der Waals surface area contributed by atoms with Crippen molar-refractivity contribution >= 4 is 11.5 Å². The number of benzene rings is 2. The minimum Gasteiger partial charge on any atom is -0.492 e. The minimum absolute atomic E-state index is 0.384. The third kappa shape index (κ3) is 6.08. The molecule has 0 radical (unpaired) electrons. The Morgan fingerprint density at radius 1 is 0.821 bits per heavy atom. The number of hydrogen-bond acceptors (Lipinski definition) is 5. The molecular weight excluding hydrogens is 352 g/mol. The van der Waals surface area contributed by atoms with Crippen molar-refractivity contribution in [2.45, 2.75) is 19.3 Å². The molecule has 0 aliphatic carbocycles. The number of pyridine rings is 1. The highest BCUT2D eigenvalue weighted by Gasteiger charge is 2.10. The highest BCUT2D eigenvalue weighted by atomic mass is 17.1. The molecule has 0 fully saturated rings. The van der Waals surface area contributed by atoms with Crippen molar-refractivity contribution in [2.75, 3.05) is 24.7 Å². The molecule has 0 bridgehead atoms. The monoisotopic (exact) mass is 378 g/mol. The van der Waals surface area contributed by atoms with E-state index in [4.69, 9.17) is 9.99 Å². The maximum atomic E-state index is 8.34. The van der Waals surface area contributed by atoms with Crippen LogP contribution in [0.1, 0.15) is 18.4 Å². The summed E-state index contributed by atoms with van der Waals surface area (Å²) >= 11 is 0. The molecule has 0 spiro atoms. The smallest absolute Gasteiger partial charge is 0.133 e. The van der Waals surface area contributed by atoms with Gasteiger partial charge >= 0.3 is 0 Å². The van der Waals surface area contributed by atoms with Crippen LogP contribution in [0.2, 0.25) is 0 Å². The lowest BCUT2D eigenvalue weighted by molar-refractivity contribution is -0.242. The first-order valence-electron chi connectivity index (χ1n) is 9.58. The Morgan fingerprint density at radius 2 is 1.61 bits per heavy atom. The Balaban J connectivity index is 1.54. The summed E-state index contributed by atoms with van der Waals surface area (Å²) in [5.74, 6) is 1.76. The summed E-state index contributed by atoms with van der Waals surface area (Å²) in [6, 6.07) is 24.3. The Kier molecular flexibility index (Phi) is 7.85. The van der Waals surface area contributed by atoms with Gasteiger partial charge < -0.3 is 9.64 Å². The first-order chi connectivity index (χ1) is 13.9. The number of unbranched alkanes of at least 4 members (excludes halogenated alkanes) is 1. The highest BCUT2D eigenvalue weighted by Crippen LogP contribution is 2.22. The lowest BCUT2D eigenvalue weighted by Crippen LogP contribution is -2.24. The van der Waals surface area contributed by atoms with E-state index in [1.807, 2.05) is 48.5 Å². The Morgan fingerprint density at radius 3 is 2.32 bits per heavy atom. The number of nitrogens with zero attached hydrogens (tertiary/aromatic N) is 2. The Bertz CT molecular complexity index is 756. The number of anilines is 2. The fourth-order valence-corrected chi connectivity index (χ4v) is 3.00. The van der Waals surface area contributed by atoms with Gasteiger partial charge in [0, 0.05) is 11.9 Å². The summed E-state index contributed by atoms with van der Waals surface area (Å²) in [5.41, 5.74) is 2.34. The van der Waals surface area contributed by atoms with Gasteiger partial charge in [-0.1, -0.05) is 36.4 Å². The van der Waals surface area contributed by atoms with Gasteiger partial charge in [0.25, 0.3) is 0 Å². The van der Waals surface area contributed by atoms with Gasteiger partial charge in [-0.2, -0.15) is 0 Å². The van der Waals surface area contributed by atoms with E-state index in [1.165, 1.54) is 5.56 Å². The molecule has 0 unspecified atom stereocenters. The molecule has 0 amide bonds. The van der Waals surface area contributed by atoms with Crippen LogP contribution in [0.3, 0.4) is 0 Å². The summed E-state index contributed by atoms with van der Waals surface area (Å²) in [5, 5.41) is 8.34. The second-order valence-corrected chi connectivity index (χ2v) is 6.46. The fourth-order valence-electron chi connectivity index (χ4n) is 3.00. The molecule has 1 aromatic heterocycles. The lowest BCUT2D eigenvalue weighted by atomic mass is 10.1. The van der Waals surface area contributed by atoms with Crippen LogP contribution in [0.25, 0.3) is 0 Å². The van der Waals surface area contributed by atoms with Gasteiger partial charge in [0.15, 0.2) is 0 Å². The van der Waals surface area contributed by atoms with Gasteiger partial charge in [0.1, 0.15) is 18.2 Å². The molecule has 28 heavy (non-hydrogen) atoms. The molecule has 3 rings (SSSR count). The first-order valence-corrected chi connectivity index (χ1v) is 9.58. The topological polar surface area (TPSA) is 54.8 Å². The molecule has 3 aromatic rings. The third-order valence-electron chi connectivity index (χ3n) is 4.45. The summed E-state index contributed by atoms with van der Waals surface area (Å²) in [4.78, 5) is 10.7. The second-order valence-electron chi connectivity index (χ2n) is 6.46. The zero-order chi connectivity index (χ0) is 19.4. The van der Waals surface area contributed by atoms with Gasteiger partial charge in [0.2, 0.25) is 0 Å². The average Bonchev–Trinajstić information content (AvgIpc) is 2.76. The number of rotatable bonds is 11. The van der Waals surface area contributed by atoms with E-state index in [0.29, 0.717) is 19.8 Å². The van der Waals surface area contributed by atoms with Crippen LogP contribution < -0.4 is 9.64 Å². The van der Waals surface area contributed by atoms with E-state index in [9.17, 15) is 0 Å². The van der Waals surface area contributed by atoms with E-state index in [2.05, 4.69) is 39.0 Å². The number of hydrogen-bond donors (Lipinski definition) is 1. The molecule has 2 aromatic carbocycles. The van der Waals surface area contributed by atoms with Gasteiger partial charge in [-0.25, -0.2) is 9.87 Å². The SMILES string of the molecule is OOCCCCc1ccc(OCCN(c2ccccc2)c2ccccn2)cc1. The predicted molar refractivity (Wildman–Crippen MR) is 111 cm³/mol. The largest absolute Gasteiger partial charge is 0.492 e. The number of para-hydroxylation sites is 1. The summed E-state index contributed by atoms with van der Waals surface area (Å²) < 4.78 is 5.96. The van der Waals surface area contributed by atoms with Crippen molar-refractivity contribution in [3.8, 4) is 5.75 Å². The van der Waals surface area contributed by atoms with Crippen molar-refractivity contribution in [1.82, 2.24) is 4.98 Å². The van der Waals surface area contributed by atoms with E-state index < -0.39 is 0 Å². The molecule has 0 aliphatic heterocycles. The van der Waals surface area contributed by atoms with Crippen molar-refractivity contribution < 1.29 is 14.9 Å². The van der Waals surface area contributed by atoms with Gasteiger partial charge in [-0.05, 0) is 61.2 Å². The Hall–Kier alpha value is -2.89. The molecule has 146 valence electrons.